The lowest BCUT2D eigenvalue weighted by Crippen LogP contribution is -2.61. The SMILES string of the molecule is C[Si](C)(C)N(C(=O)c1cccnc1Cl)[Si](C)(C)C. The second-order valence-electron chi connectivity index (χ2n) is 6.32. The van der Waals surface area contributed by atoms with Gasteiger partial charge in [0.1, 0.15) is 21.6 Å². The minimum atomic E-state index is -1.73. The Labute approximate surface area is 116 Å². The summed E-state index contributed by atoms with van der Waals surface area (Å²) in [4.78, 5) is 16.7. The summed E-state index contributed by atoms with van der Waals surface area (Å²) in [7, 11) is -3.46. The van der Waals surface area contributed by atoms with Gasteiger partial charge in [0.05, 0.1) is 5.56 Å². The highest BCUT2D eigenvalue weighted by Gasteiger charge is 2.39. The summed E-state index contributed by atoms with van der Waals surface area (Å²) in [5.74, 6) is 0.0337. The van der Waals surface area contributed by atoms with E-state index in [1.807, 2.05) is 0 Å². The zero-order valence-electron chi connectivity index (χ0n) is 11.9. The molecule has 1 amide bonds. The van der Waals surface area contributed by atoms with E-state index in [0.717, 1.165) is 0 Å². The second-order valence-corrected chi connectivity index (χ2v) is 16.7. The molecule has 0 bridgehead atoms. The molecular formula is C12H21ClN2OSi2. The van der Waals surface area contributed by atoms with Crippen molar-refractivity contribution < 1.29 is 4.79 Å². The van der Waals surface area contributed by atoms with Gasteiger partial charge in [-0.25, -0.2) is 4.98 Å². The molecular weight excluding hydrogens is 280 g/mol. The van der Waals surface area contributed by atoms with Crippen LogP contribution in [-0.2, 0) is 0 Å². The zero-order valence-corrected chi connectivity index (χ0v) is 14.7. The highest BCUT2D eigenvalue weighted by molar-refractivity contribution is 6.92. The maximum absolute atomic E-state index is 12.7. The van der Waals surface area contributed by atoms with Gasteiger partial charge in [-0.05, 0) is 12.1 Å². The summed E-state index contributed by atoms with van der Waals surface area (Å²) in [6, 6.07) is 3.51. The van der Waals surface area contributed by atoms with Crippen LogP contribution in [0, 0.1) is 0 Å². The van der Waals surface area contributed by atoms with E-state index in [1.165, 1.54) is 0 Å². The van der Waals surface area contributed by atoms with Gasteiger partial charge in [-0.1, -0.05) is 50.9 Å². The molecule has 1 heterocycles. The molecule has 0 aliphatic rings. The smallest absolute Gasteiger partial charge is 0.241 e. The van der Waals surface area contributed by atoms with E-state index in [9.17, 15) is 4.79 Å². The Morgan fingerprint density at radius 1 is 1.17 bits per heavy atom. The van der Waals surface area contributed by atoms with Crippen LogP contribution >= 0.6 is 11.6 Å². The van der Waals surface area contributed by atoms with Crippen LogP contribution in [-0.4, -0.2) is 31.6 Å². The molecule has 0 atom stereocenters. The fraction of sp³-hybridized carbons (Fsp3) is 0.500. The predicted molar refractivity (Wildman–Crippen MR) is 82.1 cm³/mol. The first-order valence-electron chi connectivity index (χ1n) is 6.00. The van der Waals surface area contributed by atoms with Gasteiger partial charge in [0.2, 0.25) is 5.91 Å². The van der Waals surface area contributed by atoms with Crippen LogP contribution < -0.4 is 0 Å². The first kappa shape index (κ1) is 15.4. The third kappa shape index (κ3) is 3.43. The Bertz CT molecular complexity index is 438. The Balaban J connectivity index is 3.25. The van der Waals surface area contributed by atoms with E-state index in [4.69, 9.17) is 11.6 Å². The summed E-state index contributed by atoms with van der Waals surface area (Å²) < 4.78 is 2.11. The molecule has 0 aliphatic carbocycles. The third-order valence-electron chi connectivity index (χ3n) is 2.53. The maximum Gasteiger partial charge on any atom is 0.241 e. The number of nitrogens with zero attached hydrogens (tertiary/aromatic N) is 2. The van der Waals surface area contributed by atoms with Crippen LogP contribution in [0.1, 0.15) is 10.4 Å². The van der Waals surface area contributed by atoms with E-state index < -0.39 is 16.5 Å². The van der Waals surface area contributed by atoms with Gasteiger partial charge in [-0.3, -0.25) is 4.79 Å². The van der Waals surface area contributed by atoms with Crippen molar-refractivity contribution in [3.8, 4) is 0 Å². The minimum absolute atomic E-state index is 0.0337. The average molecular weight is 301 g/mol. The van der Waals surface area contributed by atoms with Crippen LogP contribution in [0.3, 0.4) is 0 Å². The minimum Gasteiger partial charge on any atom is -0.392 e. The van der Waals surface area contributed by atoms with Crippen LogP contribution in [0.2, 0.25) is 44.4 Å². The van der Waals surface area contributed by atoms with E-state index >= 15 is 0 Å². The molecule has 3 nitrogen and oxygen atoms in total. The number of hydrogen-bond donors (Lipinski definition) is 0. The van der Waals surface area contributed by atoms with Crippen LogP contribution in [0.25, 0.3) is 0 Å². The average Bonchev–Trinajstić information content (AvgIpc) is 2.13. The number of rotatable bonds is 3. The van der Waals surface area contributed by atoms with Crippen molar-refractivity contribution in [2.24, 2.45) is 0 Å². The lowest BCUT2D eigenvalue weighted by molar-refractivity contribution is 0.0908. The number of pyridine rings is 1. The van der Waals surface area contributed by atoms with Crippen molar-refractivity contribution in [2.45, 2.75) is 39.3 Å². The topological polar surface area (TPSA) is 33.2 Å². The fourth-order valence-corrected chi connectivity index (χ4v) is 12.0. The van der Waals surface area contributed by atoms with Crippen molar-refractivity contribution >= 4 is 34.0 Å². The summed E-state index contributed by atoms with van der Waals surface area (Å²) in [6.45, 7) is 13.1. The van der Waals surface area contributed by atoms with Crippen molar-refractivity contribution in [1.29, 1.82) is 0 Å². The first-order valence-corrected chi connectivity index (χ1v) is 13.3. The Morgan fingerprint density at radius 2 is 1.67 bits per heavy atom. The Hall–Kier alpha value is -0.656. The van der Waals surface area contributed by atoms with Gasteiger partial charge in [0.15, 0.2) is 0 Å². The van der Waals surface area contributed by atoms with E-state index in [-0.39, 0.29) is 5.91 Å². The molecule has 100 valence electrons. The van der Waals surface area contributed by atoms with Gasteiger partial charge in [-0.15, -0.1) is 0 Å². The predicted octanol–water partition coefficient (Wildman–Crippen LogP) is 3.85. The molecule has 1 aromatic heterocycles. The molecule has 0 saturated heterocycles. The largest absolute Gasteiger partial charge is 0.392 e. The van der Waals surface area contributed by atoms with Crippen LogP contribution in [0.4, 0.5) is 0 Å². The lowest BCUT2D eigenvalue weighted by atomic mass is 10.3. The Morgan fingerprint density at radius 3 is 2.06 bits per heavy atom. The molecule has 0 aromatic carbocycles. The molecule has 1 rings (SSSR count). The standard InChI is InChI=1S/C12H21ClN2OSi2/c1-17(2,3)15(18(4,5)6)12(16)10-8-7-9-14-11(10)13/h7-9H,1-6H3. The van der Waals surface area contributed by atoms with Gasteiger partial charge < -0.3 is 4.23 Å². The van der Waals surface area contributed by atoms with Crippen molar-refractivity contribution in [1.82, 2.24) is 9.22 Å². The molecule has 0 N–H and O–H groups in total. The molecule has 0 radical (unpaired) electrons. The van der Waals surface area contributed by atoms with Crippen LogP contribution in [0.5, 0.6) is 0 Å². The molecule has 0 fully saturated rings. The molecule has 18 heavy (non-hydrogen) atoms. The number of aromatic nitrogens is 1. The second kappa shape index (κ2) is 5.15. The number of amides is 1. The highest BCUT2D eigenvalue weighted by atomic mass is 35.5. The molecule has 0 saturated carbocycles. The van der Waals surface area contributed by atoms with Crippen molar-refractivity contribution in [3.63, 3.8) is 0 Å². The Kier molecular flexibility index (Phi) is 4.40. The summed E-state index contributed by atoms with van der Waals surface area (Å²) in [5.41, 5.74) is 0.518. The molecule has 0 unspecified atom stereocenters. The fourth-order valence-electron chi connectivity index (χ4n) is 2.28. The summed E-state index contributed by atoms with van der Waals surface area (Å²) >= 11 is 6.04. The molecule has 6 heteroatoms. The van der Waals surface area contributed by atoms with Gasteiger partial charge in [0, 0.05) is 6.20 Å². The first-order chi connectivity index (χ1) is 8.05. The van der Waals surface area contributed by atoms with E-state index in [2.05, 4.69) is 48.5 Å². The van der Waals surface area contributed by atoms with Gasteiger partial charge >= 0.3 is 0 Å². The molecule has 1 aromatic rings. The van der Waals surface area contributed by atoms with Gasteiger partial charge in [0.25, 0.3) is 0 Å². The van der Waals surface area contributed by atoms with E-state index in [0.29, 0.717) is 10.7 Å². The molecule has 0 spiro atoms. The lowest BCUT2D eigenvalue weighted by Gasteiger charge is -2.43. The normalized spacial score (nSPS) is 12.4. The zero-order chi connectivity index (χ0) is 14.1. The molecule has 0 aliphatic heterocycles. The number of carbonyl (C=O) groups is 1. The van der Waals surface area contributed by atoms with Crippen LogP contribution in [0.15, 0.2) is 18.3 Å². The number of carbonyl (C=O) groups excluding carboxylic acids is 1. The van der Waals surface area contributed by atoms with Crippen molar-refractivity contribution in [3.05, 3.63) is 29.0 Å². The van der Waals surface area contributed by atoms with Gasteiger partial charge in [-0.2, -0.15) is 0 Å². The summed E-state index contributed by atoms with van der Waals surface area (Å²) in [6.07, 6.45) is 1.60. The monoisotopic (exact) mass is 300 g/mol. The van der Waals surface area contributed by atoms with Crippen molar-refractivity contribution in [2.75, 3.05) is 0 Å². The number of hydrogen-bond acceptors (Lipinski definition) is 2. The highest BCUT2D eigenvalue weighted by Crippen LogP contribution is 2.24. The third-order valence-corrected chi connectivity index (χ3v) is 9.95. The quantitative estimate of drug-likeness (QED) is 0.627. The van der Waals surface area contributed by atoms with E-state index in [1.54, 1.807) is 18.3 Å². The summed E-state index contributed by atoms with van der Waals surface area (Å²) in [5, 5.41) is 0.295. The number of halogens is 1. The maximum atomic E-state index is 12.7.